The van der Waals surface area contributed by atoms with Crippen LogP contribution in [0.5, 0.6) is 0 Å². The van der Waals surface area contributed by atoms with Crippen LogP contribution in [0.1, 0.15) is 79.0 Å². The minimum absolute atomic E-state index is 0.0359. The first-order valence-electron chi connectivity index (χ1n) is 21.4. The van der Waals surface area contributed by atoms with E-state index in [2.05, 4.69) is 234 Å². The Kier molecular flexibility index (Phi) is 8.60. The Morgan fingerprint density at radius 2 is 1.02 bits per heavy atom. The van der Waals surface area contributed by atoms with Gasteiger partial charge in [0.15, 0.2) is 0 Å². The third kappa shape index (κ3) is 6.25. The molecule has 0 saturated heterocycles. The molecule has 0 amide bonds. The smallest absolute Gasteiger partial charge is 0.294 e. The summed E-state index contributed by atoms with van der Waals surface area (Å²) in [6.45, 7) is 20.6. The zero-order valence-electron chi connectivity index (χ0n) is 36.4. The average molecular weight is 781 g/mol. The molecular weight excluding hydrogens is 727 g/mol. The summed E-state index contributed by atoms with van der Waals surface area (Å²) in [5, 5.41) is 0. The van der Waals surface area contributed by atoms with Crippen LogP contribution in [0.15, 0.2) is 158 Å². The van der Waals surface area contributed by atoms with E-state index in [0.717, 1.165) is 39.5 Å². The van der Waals surface area contributed by atoms with Crippen LogP contribution in [-0.2, 0) is 16.2 Å². The van der Waals surface area contributed by atoms with Crippen molar-refractivity contribution in [2.24, 2.45) is 0 Å². The summed E-state index contributed by atoms with van der Waals surface area (Å²) in [6, 6.07) is 58.7. The van der Waals surface area contributed by atoms with Crippen molar-refractivity contribution in [1.29, 1.82) is 0 Å². The summed E-state index contributed by atoms with van der Waals surface area (Å²) < 4.78 is 2.46. The second-order valence-electron chi connectivity index (χ2n) is 19.8. The minimum atomic E-state index is -0.0882. The lowest BCUT2D eigenvalue weighted by Gasteiger charge is -2.37. The topological polar surface area (TPSA) is 24.3 Å². The van der Waals surface area contributed by atoms with Gasteiger partial charge in [0.2, 0.25) is 0 Å². The summed E-state index contributed by atoms with van der Waals surface area (Å²) in [7, 11) is 0. The number of hydrogen-bond donors (Lipinski definition) is 0. The van der Waals surface area contributed by atoms with E-state index >= 15 is 0 Å². The van der Waals surface area contributed by atoms with Gasteiger partial charge in [0.25, 0.3) is 6.71 Å². The summed E-state index contributed by atoms with van der Waals surface area (Å²) in [5.41, 5.74) is 20.3. The normalized spacial score (nSPS) is 13.3. The van der Waals surface area contributed by atoms with Crippen LogP contribution in [0.4, 0.5) is 34.1 Å². The van der Waals surface area contributed by atoms with Crippen LogP contribution in [0, 0.1) is 0 Å². The Bertz CT molecular complexity index is 2850. The highest BCUT2D eigenvalue weighted by Crippen LogP contribution is 2.45. The monoisotopic (exact) mass is 780 g/mol. The quantitative estimate of drug-likeness (QED) is 0.163. The van der Waals surface area contributed by atoms with E-state index < -0.39 is 0 Å². The first-order chi connectivity index (χ1) is 28.6. The van der Waals surface area contributed by atoms with Crippen molar-refractivity contribution in [1.82, 2.24) is 9.55 Å². The van der Waals surface area contributed by atoms with Crippen LogP contribution in [-0.4, -0.2) is 16.3 Å². The van der Waals surface area contributed by atoms with Crippen molar-refractivity contribution in [3.8, 4) is 16.8 Å². The highest BCUT2D eigenvalue weighted by Gasteiger charge is 2.46. The first kappa shape index (κ1) is 37.9. The fourth-order valence-electron chi connectivity index (χ4n) is 9.26. The van der Waals surface area contributed by atoms with Gasteiger partial charge in [0.05, 0.1) is 16.8 Å². The SMILES string of the molecule is CC(C)(C)c1ccc(N(c2ccc(C(C)(C)C)cc2)c2ccc3c(c2)N(c2ccccc2)c2cc(C(C)(C)C)cc4c2B3c2nc3ccc(-c5ccccc5)cc3n2-4)cc1. The second kappa shape index (κ2) is 13.6. The number of aromatic nitrogens is 2. The average Bonchev–Trinajstić information content (AvgIpc) is 3.76. The number of rotatable bonds is 5. The highest BCUT2D eigenvalue weighted by molar-refractivity contribution is 6.99. The van der Waals surface area contributed by atoms with Gasteiger partial charge in [0.1, 0.15) is 0 Å². The van der Waals surface area contributed by atoms with E-state index in [4.69, 9.17) is 4.98 Å². The first-order valence-corrected chi connectivity index (χ1v) is 21.4. The molecule has 3 heterocycles. The molecule has 0 bridgehead atoms. The van der Waals surface area contributed by atoms with Crippen LogP contribution in [0.25, 0.3) is 27.8 Å². The molecular formula is C55H53BN4. The third-order valence-electron chi connectivity index (χ3n) is 12.6. The summed E-state index contributed by atoms with van der Waals surface area (Å²) in [6.07, 6.45) is 0. The van der Waals surface area contributed by atoms with E-state index in [-0.39, 0.29) is 23.0 Å². The lowest BCUT2D eigenvalue weighted by molar-refractivity contribution is 0.590. The molecule has 2 aliphatic rings. The maximum atomic E-state index is 5.50. The second-order valence-corrected chi connectivity index (χ2v) is 19.8. The van der Waals surface area contributed by atoms with Gasteiger partial charge < -0.3 is 14.4 Å². The van der Waals surface area contributed by atoms with Crippen LogP contribution < -0.4 is 26.4 Å². The van der Waals surface area contributed by atoms with Gasteiger partial charge in [-0.25, -0.2) is 4.98 Å². The van der Waals surface area contributed by atoms with E-state index in [1.54, 1.807) is 0 Å². The fraction of sp³-hybridized carbons (Fsp3) is 0.218. The van der Waals surface area contributed by atoms with Crippen molar-refractivity contribution in [2.75, 3.05) is 9.80 Å². The molecule has 0 saturated carbocycles. The van der Waals surface area contributed by atoms with Crippen LogP contribution >= 0.6 is 0 Å². The van der Waals surface area contributed by atoms with Crippen molar-refractivity contribution in [2.45, 2.75) is 78.6 Å². The predicted molar refractivity (Wildman–Crippen MR) is 257 cm³/mol. The molecule has 1 aromatic heterocycles. The molecule has 4 nitrogen and oxygen atoms in total. The molecule has 10 rings (SSSR count). The molecule has 296 valence electrons. The Morgan fingerprint density at radius 1 is 0.467 bits per heavy atom. The van der Waals surface area contributed by atoms with Crippen molar-refractivity contribution < 1.29 is 0 Å². The van der Waals surface area contributed by atoms with Gasteiger partial charge in [0, 0.05) is 39.8 Å². The van der Waals surface area contributed by atoms with E-state index in [1.807, 2.05) is 0 Å². The molecule has 0 N–H and O–H groups in total. The van der Waals surface area contributed by atoms with E-state index in [1.165, 1.54) is 55.8 Å². The molecule has 8 aromatic rings. The molecule has 0 fully saturated rings. The molecule has 0 radical (unpaired) electrons. The standard InChI is InChI=1S/C55H53BN4/c1-53(2,3)38-21-25-42(26-22-38)58(43-27-23-39(24-28-43)54(4,5)6)44-29-30-45-47(35-44)59(41-18-14-11-15-19-41)49-33-40(55(7,8)9)34-50-51(49)56(45)52-57-46-31-20-37(32-48(46)60(50)52)36-16-12-10-13-17-36/h10-35H,1-9H3. The lowest BCUT2D eigenvalue weighted by Crippen LogP contribution is -2.55. The van der Waals surface area contributed by atoms with Crippen LogP contribution in [0.2, 0.25) is 0 Å². The molecule has 0 spiro atoms. The number of imidazole rings is 1. The van der Waals surface area contributed by atoms with Gasteiger partial charge in [-0.2, -0.15) is 0 Å². The van der Waals surface area contributed by atoms with Crippen molar-refractivity contribution in [3.63, 3.8) is 0 Å². The van der Waals surface area contributed by atoms with Gasteiger partial charge in [-0.1, -0.05) is 147 Å². The number of benzene rings is 7. The van der Waals surface area contributed by atoms with Gasteiger partial charge in [-0.05, 0) is 128 Å². The Morgan fingerprint density at radius 3 is 1.60 bits per heavy atom. The molecule has 5 heteroatoms. The van der Waals surface area contributed by atoms with Gasteiger partial charge in [-0.15, -0.1) is 0 Å². The summed E-state index contributed by atoms with van der Waals surface area (Å²) in [5.74, 6) is 0. The number of nitrogens with zero attached hydrogens (tertiary/aromatic N) is 4. The molecule has 2 aliphatic heterocycles. The van der Waals surface area contributed by atoms with E-state index in [9.17, 15) is 0 Å². The zero-order valence-corrected chi connectivity index (χ0v) is 36.4. The minimum Gasteiger partial charge on any atom is -0.311 e. The molecule has 0 aliphatic carbocycles. The Labute approximate surface area is 356 Å². The molecule has 60 heavy (non-hydrogen) atoms. The summed E-state index contributed by atoms with van der Waals surface area (Å²) >= 11 is 0. The molecule has 0 unspecified atom stereocenters. The maximum absolute atomic E-state index is 5.50. The van der Waals surface area contributed by atoms with Gasteiger partial charge in [-0.3, -0.25) is 0 Å². The molecule has 7 aromatic carbocycles. The highest BCUT2D eigenvalue weighted by atomic mass is 15.2. The zero-order chi connectivity index (χ0) is 41.7. The Balaban J connectivity index is 1.23. The summed E-state index contributed by atoms with van der Waals surface area (Å²) in [4.78, 5) is 10.4. The lowest BCUT2D eigenvalue weighted by atomic mass is 9.39. The number of hydrogen-bond acceptors (Lipinski definition) is 3. The van der Waals surface area contributed by atoms with Gasteiger partial charge >= 0.3 is 0 Å². The van der Waals surface area contributed by atoms with Crippen molar-refractivity contribution >= 4 is 68.5 Å². The maximum Gasteiger partial charge on any atom is 0.294 e. The van der Waals surface area contributed by atoms with Crippen LogP contribution in [0.3, 0.4) is 0 Å². The number of para-hydroxylation sites is 1. The predicted octanol–water partition coefficient (Wildman–Crippen LogP) is 12.7. The number of fused-ring (bicyclic) bond motifs is 7. The third-order valence-corrected chi connectivity index (χ3v) is 12.6. The van der Waals surface area contributed by atoms with E-state index in [0.29, 0.717) is 0 Å². The molecule has 0 atom stereocenters. The fourth-order valence-corrected chi connectivity index (χ4v) is 9.26. The van der Waals surface area contributed by atoms with Crippen molar-refractivity contribution in [3.05, 3.63) is 174 Å². The Hall–Kier alpha value is -6.33. The largest absolute Gasteiger partial charge is 0.311 e. The number of anilines is 6.